The summed E-state index contributed by atoms with van der Waals surface area (Å²) in [5, 5.41) is 11.8. The van der Waals surface area contributed by atoms with E-state index in [4.69, 9.17) is 27.9 Å². The molecule has 0 unspecified atom stereocenters. The molecule has 0 saturated carbocycles. The maximum absolute atomic E-state index is 12.9. The van der Waals surface area contributed by atoms with E-state index in [0.29, 0.717) is 28.3 Å². The lowest BCUT2D eigenvalue weighted by atomic mass is 10.2. The van der Waals surface area contributed by atoms with Gasteiger partial charge in [0.2, 0.25) is 5.91 Å². The van der Waals surface area contributed by atoms with E-state index in [0.717, 1.165) is 35.5 Å². The van der Waals surface area contributed by atoms with Crippen LogP contribution in [0.5, 0.6) is 5.75 Å². The maximum atomic E-state index is 12.9. The van der Waals surface area contributed by atoms with Gasteiger partial charge in [-0.1, -0.05) is 35.0 Å². The molecular formula is C21H19Cl2F3N4O2S. The molecule has 0 atom stereocenters. The predicted molar refractivity (Wildman–Crippen MR) is 122 cm³/mol. The Morgan fingerprint density at radius 1 is 1.15 bits per heavy atom. The zero-order chi connectivity index (χ0) is 24.2. The van der Waals surface area contributed by atoms with Crippen molar-refractivity contribution >= 4 is 46.6 Å². The van der Waals surface area contributed by atoms with E-state index in [1.807, 2.05) is 19.9 Å². The third kappa shape index (κ3) is 6.55. The molecule has 33 heavy (non-hydrogen) atoms. The number of hydrogen-bond donors (Lipinski definition) is 1. The fraction of sp³-hybridized carbons (Fsp3) is 0.286. The van der Waals surface area contributed by atoms with Gasteiger partial charge < -0.3 is 14.6 Å². The molecule has 12 heteroatoms. The molecule has 0 spiro atoms. The van der Waals surface area contributed by atoms with Crippen LogP contribution in [0.3, 0.4) is 0 Å². The molecular weight excluding hydrogens is 500 g/mol. The summed E-state index contributed by atoms with van der Waals surface area (Å²) in [5.74, 6) is 0.575. The highest BCUT2D eigenvalue weighted by molar-refractivity contribution is 7.99. The standard InChI is InChI=1S/C21H19Cl2F3N4O2S/c1-3-30-18(10-32-14-5-7-15(22)12(2)8-14)28-29-20(30)33-11-19(31)27-17-9-13(21(24,25)26)4-6-16(17)23/h4-9H,3,10-11H2,1-2H3,(H,27,31). The summed E-state index contributed by atoms with van der Waals surface area (Å²) in [6.07, 6.45) is -4.54. The fourth-order valence-corrected chi connectivity index (χ4v) is 3.92. The van der Waals surface area contributed by atoms with E-state index in [1.165, 1.54) is 0 Å². The van der Waals surface area contributed by atoms with Crippen molar-refractivity contribution in [3.63, 3.8) is 0 Å². The number of nitrogens with one attached hydrogen (secondary N) is 1. The van der Waals surface area contributed by atoms with Crippen molar-refractivity contribution in [2.75, 3.05) is 11.1 Å². The summed E-state index contributed by atoms with van der Waals surface area (Å²) in [6.45, 7) is 4.46. The van der Waals surface area contributed by atoms with Gasteiger partial charge in [0.25, 0.3) is 0 Å². The van der Waals surface area contributed by atoms with Gasteiger partial charge >= 0.3 is 6.18 Å². The number of ether oxygens (including phenoxy) is 1. The summed E-state index contributed by atoms with van der Waals surface area (Å²) in [7, 11) is 0. The topological polar surface area (TPSA) is 69.0 Å². The first-order valence-corrected chi connectivity index (χ1v) is 11.4. The summed E-state index contributed by atoms with van der Waals surface area (Å²) in [4.78, 5) is 12.3. The molecule has 0 saturated heterocycles. The predicted octanol–water partition coefficient (Wildman–Crippen LogP) is 6.24. The Balaban J connectivity index is 1.62. The van der Waals surface area contributed by atoms with Gasteiger partial charge in [0.15, 0.2) is 11.0 Å². The molecule has 1 N–H and O–H groups in total. The van der Waals surface area contributed by atoms with Crippen molar-refractivity contribution in [3.8, 4) is 5.75 Å². The maximum Gasteiger partial charge on any atom is 0.416 e. The van der Waals surface area contributed by atoms with E-state index in [1.54, 1.807) is 16.7 Å². The molecule has 6 nitrogen and oxygen atoms in total. The minimum Gasteiger partial charge on any atom is -0.486 e. The lowest BCUT2D eigenvalue weighted by Crippen LogP contribution is -2.16. The SMILES string of the molecule is CCn1c(COc2ccc(Cl)c(C)c2)nnc1SCC(=O)Nc1cc(C(F)(F)F)ccc1Cl. The number of amides is 1. The Labute approximate surface area is 202 Å². The zero-order valence-corrected chi connectivity index (χ0v) is 19.9. The van der Waals surface area contributed by atoms with Gasteiger partial charge in [-0.25, -0.2) is 0 Å². The van der Waals surface area contributed by atoms with Gasteiger partial charge in [-0.05, 0) is 55.8 Å². The molecule has 1 heterocycles. The van der Waals surface area contributed by atoms with Crippen LogP contribution in [0.15, 0.2) is 41.6 Å². The van der Waals surface area contributed by atoms with E-state index >= 15 is 0 Å². The number of alkyl halides is 3. The molecule has 2 aromatic carbocycles. The van der Waals surface area contributed by atoms with Crippen LogP contribution in [0, 0.1) is 6.92 Å². The van der Waals surface area contributed by atoms with Gasteiger partial charge in [0.1, 0.15) is 12.4 Å². The van der Waals surface area contributed by atoms with E-state index in [-0.39, 0.29) is 23.1 Å². The molecule has 1 amide bonds. The lowest BCUT2D eigenvalue weighted by Gasteiger charge is -2.12. The van der Waals surface area contributed by atoms with E-state index < -0.39 is 17.6 Å². The first-order valence-electron chi connectivity index (χ1n) is 9.69. The number of rotatable bonds is 8. The van der Waals surface area contributed by atoms with Crippen molar-refractivity contribution in [2.45, 2.75) is 38.3 Å². The monoisotopic (exact) mass is 518 g/mol. The molecule has 3 rings (SSSR count). The van der Waals surface area contributed by atoms with Gasteiger partial charge in [-0.3, -0.25) is 4.79 Å². The summed E-state index contributed by atoms with van der Waals surface area (Å²) in [6, 6.07) is 8.05. The van der Waals surface area contributed by atoms with Gasteiger partial charge in [-0.2, -0.15) is 13.2 Å². The van der Waals surface area contributed by atoms with Gasteiger partial charge in [0.05, 0.1) is 22.0 Å². The highest BCUT2D eigenvalue weighted by Crippen LogP contribution is 2.34. The molecule has 3 aromatic rings. The van der Waals surface area contributed by atoms with Crippen LogP contribution >= 0.6 is 35.0 Å². The van der Waals surface area contributed by atoms with E-state index in [9.17, 15) is 18.0 Å². The minimum atomic E-state index is -4.54. The third-order valence-electron chi connectivity index (χ3n) is 4.51. The Morgan fingerprint density at radius 3 is 2.55 bits per heavy atom. The number of aromatic nitrogens is 3. The lowest BCUT2D eigenvalue weighted by molar-refractivity contribution is -0.137. The number of benzene rings is 2. The minimum absolute atomic E-state index is 0.00921. The van der Waals surface area contributed by atoms with Crippen LogP contribution in [0.1, 0.15) is 23.9 Å². The third-order valence-corrected chi connectivity index (χ3v) is 6.23. The van der Waals surface area contributed by atoms with Gasteiger partial charge in [-0.15, -0.1) is 10.2 Å². The fourth-order valence-electron chi connectivity index (χ4n) is 2.82. The number of nitrogens with zero attached hydrogens (tertiary/aromatic N) is 3. The van der Waals surface area contributed by atoms with Crippen LogP contribution in [0.2, 0.25) is 10.0 Å². The molecule has 176 valence electrons. The van der Waals surface area contributed by atoms with Crippen LogP contribution < -0.4 is 10.1 Å². The number of carbonyl (C=O) groups excluding carboxylic acids is 1. The summed E-state index contributed by atoms with van der Waals surface area (Å²) in [5.41, 5.74) is -0.128. The second-order valence-electron chi connectivity index (χ2n) is 6.87. The molecule has 0 fully saturated rings. The molecule has 1 aromatic heterocycles. The van der Waals surface area contributed by atoms with Crippen molar-refractivity contribution in [1.29, 1.82) is 0 Å². The van der Waals surface area contributed by atoms with E-state index in [2.05, 4.69) is 15.5 Å². The van der Waals surface area contributed by atoms with Crippen molar-refractivity contribution < 1.29 is 22.7 Å². The highest BCUT2D eigenvalue weighted by Gasteiger charge is 2.31. The first kappa shape index (κ1) is 25.2. The van der Waals surface area contributed by atoms with Crippen LogP contribution in [-0.4, -0.2) is 26.4 Å². The second kappa shape index (κ2) is 10.7. The Bertz CT molecular complexity index is 1160. The average Bonchev–Trinajstić information content (AvgIpc) is 3.15. The number of thioether (sulfide) groups is 1. The van der Waals surface area contributed by atoms with Crippen LogP contribution in [0.4, 0.5) is 18.9 Å². The molecule has 0 aliphatic carbocycles. The Hall–Kier alpha value is -2.43. The van der Waals surface area contributed by atoms with Crippen molar-refractivity contribution in [2.24, 2.45) is 0 Å². The number of carbonyl (C=O) groups is 1. The van der Waals surface area contributed by atoms with Crippen LogP contribution in [-0.2, 0) is 24.1 Å². The van der Waals surface area contributed by atoms with Gasteiger partial charge in [0, 0.05) is 11.6 Å². The largest absolute Gasteiger partial charge is 0.486 e. The molecule has 0 bridgehead atoms. The molecule has 0 aliphatic heterocycles. The normalized spacial score (nSPS) is 11.5. The highest BCUT2D eigenvalue weighted by atomic mass is 35.5. The first-order chi connectivity index (χ1) is 15.6. The molecule has 0 radical (unpaired) electrons. The quantitative estimate of drug-likeness (QED) is 0.357. The zero-order valence-electron chi connectivity index (χ0n) is 17.5. The summed E-state index contributed by atoms with van der Waals surface area (Å²) >= 11 is 13.0. The second-order valence-corrected chi connectivity index (χ2v) is 8.63. The summed E-state index contributed by atoms with van der Waals surface area (Å²) < 4.78 is 46.3. The van der Waals surface area contributed by atoms with Crippen molar-refractivity contribution in [3.05, 3.63) is 63.4 Å². The Kier molecular flexibility index (Phi) is 8.14. The Morgan fingerprint density at radius 2 is 1.88 bits per heavy atom. The average molecular weight is 519 g/mol. The molecule has 0 aliphatic rings. The number of halogens is 5. The van der Waals surface area contributed by atoms with Crippen LogP contribution in [0.25, 0.3) is 0 Å². The smallest absolute Gasteiger partial charge is 0.416 e. The van der Waals surface area contributed by atoms with Crippen molar-refractivity contribution in [1.82, 2.24) is 14.8 Å². The number of hydrogen-bond acceptors (Lipinski definition) is 5. The number of aryl methyl sites for hydroxylation is 1. The number of anilines is 1.